The zero-order valence-corrected chi connectivity index (χ0v) is 16.5. The Balaban J connectivity index is 1.36. The lowest BCUT2D eigenvalue weighted by Crippen LogP contribution is -2.02. The number of H-pyrrole nitrogens is 1. The van der Waals surface area contributed by atoms with Crippen LogP contribution in [0.3, 0.4) is 0 Å². The lowest BCUT2D eigenvalue weighted by atomic mass is 10.1. The monoisotopic (exact) mass is 390 g/mol. The number of hydrogen-bond donors (Lipinski definition) is 2. The van der Waals surface area contributed by atoms with Crippen molar-refractivity contribution < 1.29 is 0 Å². The van der Waals surface area contributed by atoms with Crippen molar-refractivity contribution >= 4 is 29.2 Å². The smallest absolute Gasteiger partial charge is 0.215 e. The van der Waals surface area contributed by atoms with E-state index >= 15 is 0 Å². The molecular weight excluding hydrogens is 368 g/mol. The number of nitrogens with one attached hydrogen (secondary N) is 2. The van der Waals surface area contributed by atoms with E-state index in [4.69, 9.17) is 4.98 Å². The molecule has 0 aliphatic heterocycles. The van der Waals surface area contributed by atoms with E-state index in [0.717, 1.165) is 28.1 Å². The summed E-state index contributed by atoms with van der Waals surface area (Å²) in [5.74, 6) is 2.41. The highest BCUT2D eigenvalue weighted by molar-refractivity contribution is 7.99. The van der Waals surface area contributed by atoms with E-state index in [2.05, 4.69) is 44.8 Å². The summed E-state index contributed by atoms with van der Waals surface area (Å²) in [4.78, 5) is 10.4. The molecule has 1 saturated carbocycles. The fourth-order valence-electron chi connectivity index (χ4n) is 3.26. The topological polar surface area (TPSA) is 70.9 Å². The standard InChI is InChI=1S/C21H22N6S/c1-14-12-18(26-25-14)23-21-24-20(13-19-22-10-11-27(19)21)28-17-8-6-16(7-9-17)5-4-15-2-3-15/h6-13,15H,2-5H2,1H3,(H2,23,24,25,26). The molecular formula is C21H22N6S. The van der Waals surface area contributed by atoms with Crippen LogP contribution in [0.5, 0.6) is 0 Å². The minimum atomic E-state index is 0.699. The second-order valence-corrected chi connectivity index (χ2v) is 8.46. The second kappa shape index (κ2) is 7.31. The highest BCUT2D eigenvalue weighted by Gasteiger charge is 2.20. The van der Waals surface area contributed by atoms with Gasteiger partial charge in [0.25, 0.3) is 0 Å². The van der Waals surface area contributed by atoms with Gasteiger partial charge in [-0.1, -0.05) is 36.7 Å². The van der Waals surface area contributed by atoms with Crippen molar-refractivity contribution in [2.24, 2.45) is 5.92 Å². The maximum absolute atomic E-state index is 4.78. The van der Waals surface area contributed by atoms with Crippen molar-refractivity contribution in [1.82, 2.24) is 24.6 Å². The van der Waals surface area contributed by atoms with Crippen LogP contribution < -0.4 is 5.32 Å². The molecule has 0 saturated heterocycles. The number of anilines is 2. The third-order valence-corrected chi connectivity index (χ3v) is 5.92. The van der Waals surface area contributed by atoms with Crippen molar-refractivity contribution in [2.75, 3.05) is 5.32 Å². The van der Waals surface area contributed by atoms with Gasteiger partial charge in [-0.25, -0.2) is 9.97 Å². The van der Waals surface area contributed by atoms with Gasteiger partial charge >= 0.3 is 0 Å². The number of aromatic amines is 1. The molecule has 5 rings (SSSR count). The maximum atomic E-state index is 4.78. The van der Waals surface area contributed by atoms with Gasteiger partial charge in [-0.15, -0.1) is 0 Å². The quantitative estimate of drug-likeness (QED) is 0.435. The van der Waals surface area contributed by atoms with Crippen LogP contribution >= 0.6 is 11.8 Å². The molecule has 0 spiro atoms. The van der Waals surface area contributed by atoms with Crippen LogP contribution in [0.25, 0.3) is 5.65 Å². The molecule has 2 N–H and O–H groups in total. The summed E-state index contributed by atoms with van der Waals surface area (Å²) in [7, 11) is 0. The molecule has 142 valence electrons. The Morgan fingerprint density at radius 3 is 2.82 bits per heavy atom. The summed E-state index contributed by atoms with van der Waals surface area (Å²) in [5, 5.41) is 11.4. The van der Waals surface area contributed by atoms with Crippen molar-refractivity contribution in [2.45, 2.75) is 42.5 Å². The van der Waals surface area contributed by atoms with Gasteiger partial charge in [0.1, 0.15) is 10.7 Å². The zero-order valence-electron chi connectivity index (χ0n) is 15.7. The van der Waals surface area contributed by atoms with Crippen LogP contribution in [0.2, 0.25) is 0 Å². The number of benzene rings is 1. The Morgan fingerprint density at radius 2 is 2.07 bits per heavy atom. The Morgan fingerprint density at radius 1 is 1.21 bits per heavy atom. The Labute approximate surface area is 167 Å². The van der Waals surface area contributed by atoms with Crippen LogP contribution in [0.1, 0.15) is 30.5 Å². The second-order valence-electron chi connectivity index (χ2n) is 7.36. The van der Waals surface area contributed by atoms with Gasteiger partial charge in [-0.3, -0.25) is 9.50 Å². The number of fused-ring (bicyclic) bond motifs is 1. The fraction of sp³-hybridized carbons (Fsp3) is 0.286. The Hall–Kier alpha value is -2.80. The van der Waals surface area contributed by atoms with Crippen molar-refractivity contribution in [1.29, 1.82) is 0 Å². The summed E-state index contributed by atoms with van der Waals surface area (Å²) < 4.78 is 1.93. The summed E-state index contributed by atoms with van der Waals surface area (Å²) in [6, 6.07) is 12.8. The molecule has 6 nitrogen and oxygen atoms in total. The highest BCUT2D eigenvalue weighted by atomic mass is 32.2. The number of aromatic nitrogens is 5. The van der Waals surface area contributed by atoms with Crippen LogP contribution in [0.4, 0.5) is 11.8 Å². The fourth-order valence-corrected chi connectivity index (χ4v) is 4.07. The molecule has 1 fully saturated rings. The molecule has 1 aliphatic carbocycles. The van der Waals surface area contributed by atoms with E-state index in [0.29, 0.717) is 5.95 Å². The highest BCUT2D eigenvalue weighted by Crippen LogP contribution is 2.34. The first kappa shape index (κ1) is 17.3. The van der Waals surface area contributed by atoms with E-state index < -0.39 is 0 Å². The molecule has 28 heavy (non-hydrogen) atoms. The first-order valence-electron chi connectivity index (χ1n) is 9.63. The first-order chi connectivity index (χ1) is 13.7. The SMILES string of the molecule is Cc1cc(Nc2nc(Sc3ccc(CCC4CC4)cc3)cc3nccn23)n[nH]1. The zero-order chi connectivity index (χ0) is 18.9. The van der Waals surface area contributed by atoms with E-state index in [1.54, 1.807) is 18.0 Å². The van der Waals surface area contributed by atoms with Crippen molar-refractivity contribution in [3.05, 3.63) is 60.0 Å². The lowest BCUT2D eigenvalue weighted by Gasteiger charge is -2.09. The molecule has 0 radical (unpaired) electrons. The van der Waals surface area contributed by atoms with Crippen molar-refractivity contribution in [3.63, 3.8) is 0 Å². The van der Waals surface area contributed by atoms with Gasteiger partial charge in [0, 0.05) is 35.1 Å². The largest absolute Gasteiger partial charge is 0.308 e. The third kappa shape index (κ3) is 3.89. The predicted octanol–water partition coefficient (Wildman–Crippen LogP) is 5.00. The van der Waals surface area contributed by atoms with Gasteiger partial charge in [0.2, 0.25) is 5.95 Å². The minimum Gasteiger partial charge on any atom is -0.308 e. The number of rotatable bonds is 7. The van der Waals surface area contributed by atoms with Gasteiger partial charge in [0.15, 0.2) is 5.82 Å². The average molecular weight is 391 g/mol. The summed E-state index contributed by atoms with van der Waals surface area (Å²) >= 11 is 1.65. The molecule has 1 aliphatic rings. The average Bonchev–Trinajstić information content (AvgIpc) is 3.25. The summed E-state index contributed by atoms with van der Waals surface area (Å²) in [6.45, 7) is 1.97. The van der Waals surface area contributed by atoms with Crippen LogP contribution in [-0.4, -0.2) is 24.6 Å². The van der Waals surface area contributed by atoms with E-state index in [9.17, 15) is 0 Å². The van der Waals surface area contributed by atoms with Gasteiger partial charge in [-0.05, 0) is 43.4 Å². The number of hydrogen-bond acceptors (Lipinski definition) is 5. The minimum absolute atomic E-state index is 0.699. The normalized spacial score (nSPS) is 13.9. The van der Waals surface area contributed by atoms with Crippen LogP contribution in [0.15, 0.2) is 58.7 Å². The molecule has 0 unspecified atom stereocenters. The summed E-state index contributed by atoms with van der Waals surface area (Å²) in [5.41, 5.74) is 3.27. The molecule has 1 aromatic carbocycles. The van der Waals surface area contributed by atoms with Crippen molar-refractivity contribution in [3.8, 4) is 0 Å². The van der Waals surface area contributed by atoms with Crippen LogP contribution in [-0.2, 0) is 6.42 Å². The predicted molar refractivity (Wildman–Crippen MR) is 111 cm³/mol. The first-order valence-corrected chi connectivity index (χ1v) is 10.4. The summed E-state index contributed by atoms with van der Waals surface area (Å²) in [6.07, 6.45) is 9.03. The lowest BCUT2D eigenvalue weighted by molar-refractivity contribution is 0.726. The molecule has 0 bridgehead atoms. The molecule has 0 amide bonds. The Bertz CT molecular complexity index is 1090. The number of aryl methyl sites for hydroxylation is 2. The third-order valence-electron chi connectivity index (χ3n) is 5.00. The molecule has 7 heteroatoms. The van der Waals surface area contributed by atoms with Gasteiger partial charge in [0.05, 0.1) is 0 Å². The molecule has 4 aromatic rings. The number of nitrogens with zero attached hydrogens (tertiary/aromatic N) is 4. The van der Waals surface area contributed by atoms with E-state index in [-0.39, 0.29) is 0 Å². The van der Waals surface area contributed by atoms with Gasteiger partial charge < -0.3 is 5.32 Å². The number of imidazole rings is 1. The maximum Gasteiger partial charge on any atom is 0.215 e. The molecule has 0 atom stereocenters. The van der Waals surface area contributed by atoms with Gasteiger partial charge in [-0.2, -0.15) is 5.10 Å². The molecule has 3 aromatic heterocycles. The van der Waals surface area contributed by atoms with E-state index in [1.807, 2.05) is 29.7 Å². The molecule has 3 heterocycles. The Kier molecular flexibility index (Phi) is 4.52. The van der Waals surface area contributed by atoms with E-state index in [1.165, 1.54) is 36.1 Å². The van der Waals surface area contributed by atoms with Crippen LogP contribution in [0, 0.1) is 12.8 Å².